The van der Waals surface area contributed by atoms with Crippen LogP contribution in [0.4, 0.5) is 4.79 Å². The van der Waals surface area contributed by atoms with Crippen molar-refractivity contribution in [2.24, 2.45) is 0 Å². The lowest BCUT2D eigenvalue weighted by Gasteiger charge is -2.05. The molecule has 26 heavy (non-hydrogen) atoms. The van der Waals surface area contributed by atoms with Crippen molar-refractivity contribution in [2.75, 3.05) is 13.2 Å². The minimum Gasteiger partial charge on any atom is -0.456 e. The summed E-state index contributed by atoms with van der Waals surface area (Å²) in [6.45, 7) is 3.14. The van der Waals surface area contributed by atoms with Crippen molar-refractivity contribution in [2.45, 2.75) is 26.7 Å². The molecule has 0 aliphatic heterocycles. The van der Waals surface area contributed by atoms with E-state index in [1.807, 2.05) is 36.5 Å². The molecule has 2 amide bonds. The van der Waals surface area contributed by atoms with Crippen molar-refractivity contribution >= 4 is 18.0 Å². The van der Waals surface area contributed by atoms with Crippen molar-refractivity contribution in [1.82, 2.24) is 15.5 Å². The Kier molecular flexibility index (Phi) is 6.84. The summed E-state index contributed by atoms with van der Waals surface area (Å²) in [4.78, 5) is 34.0. The second-order valence-corrected chi connectivity index (χ2v) is 5.30. The summed E-state index contributed by atoms with van der Waals surface area (Å²) in [6.07, 6.45) is -0.748. The number of hydrogen-bond donors (Lipinski definition) is 1. The third-order valence-corrected chi connectivity index (χ3v) is 3.19. The zero-order chi connectivity index (χ0) is 18.9. The molecule has 0 aliphatic carbocycles. The summed E-state index contributed by atoms with van der Waals surface area (Å²) in [5.74, 6) is -0.744. The van der Waals surface area contributed by atoms with Crippen LogP contribution in [0.5, 0.6) is 0 Å². The highest BCUT2D eigenvalue weighted by molar-refractivity contribution is 5.93. The molecule has 0 aliphatic rings. The molecule has 0 atom stereocenters. The van der Waals surface area contributed by atoms with E-state index in [0.29, 0.717) is 5.89 Å². The zero-order valence-electron chi connectivity index (χ0n) is 14.5. The fourth-order valence-electron chi connectivity index (χ4n) is 1.91. The van der Waals surface area contributed by atoms with E-state index in [1.165, 1.54) is 0 Å². The van der Waals surface area contributed by atoms with Gasteiger partial charge >= 0.3 is 12.1 Å². The molecule has 1 aromatic heterocycles. The Hall–Kier alpha value is -3.23. The van der Waals surface area contributed by atoms with E-state index in [4.69, 9.17) is 9.15 Å². The first-order chi connectivity index (χ1) is 12.5. The number of nitrogens with zero attached hydrogens (tertiary/aromatic N) is 2. The molecule has 1 heterocycles. The second kappa shape index (κ2) is 9.30. The molecule has 2 rings (SSSR count). The van der Waals surface area contributed by atoms with E-state index in [-0.39, 0.29) is 25.3 Å². The van der Waals surface area contributed by atoms with E-state index in [2.05, 4.69) is 14.9 Å². The van der Waals surface area contributed by atoms with Gasteiger partial charge in [-0.25, -0.2) is 4.79 Å². The number of amides is 2. The lowest BCUT2D eigenvalue weighted by molar-refractivity contribution is -0.148. The van der Waals surface area contributed by atoms with Gasteiger partial charge in [-0.05, 0) is 26.0 Å². The maximum Gasteiger partial charge on any atom is 0.413 e. The predicted octanol–water partition coefficient (Wildman–Crippen LogP) is 1.79. The highest BCUT2D eigenvalue weighted by Crippen LogP contribution is 2.18. The number of aromatic nitrogens is 2. The van der Waals surface area contributed by atoms with Gasteiger partial charge in [0.05, 0.1) is 13.0 Å². The van der Waals surface area contributed by atoms with Gasteiger partial charge in [-0.2, -0.15) is 0 Å². The Bertz CT molecular complexity index is 769. The van der Waals surface area contributed by atoms with E-state index in [9.17, 15) is 14.4 Å². The minimum absolute atomic E-state index is 0.0395. The van der Waals surface area contributed by atoms with Crippen molar-refractivity contribution < 1.29 is 28.3 Å². The van der Waals surface area contributed by atoms with Crippen molar-refractivity contribution in [1.29, 1.82) is 0 Å². The molecule has 9 nitrogen and oxygen atoms in total. The monoisotopic (exact) mass is 361 g/mol. The van der Waals surface area contributed by atoms with Crippen LogP contribution in [0.2, 0.25) is 0 Å². The molecular weight excluding hydrogens is 342 g/mol. The quantitative estimate of drug-likeness (QED) is 0.741. The van der Waals surface area contributed by atoms with Crippen LogP contribution in [0.3, 0.4) is 0 Å². The van der Waals surface area contributed by atoms with E-state index in [0.717, 1.165) is 11.1 Å². The van der Waals surface area contributed by atoms with Gasteiger partial charge in [-0.3, -0.25) is 14.9 Å². The van der Waals surface area contributed by atoms with Gasteiger partial charge in [0.2, 0.25) is 11.8 Å². The summed E-state index contributed by atoms with van der Waals surface area (Å²) < 4.78 is 14.8. The van der Waals surface area contributed by atoms with E-state index < -0.39 is 24.6 Å². The molecule has 2 aromatic rings. The first kappa shape index (κ1) is 19.1. The van der Waals surface area contributed by atoms with Crippen molar-refractivity contribution in [3.8, 4) is 11.5 Å². The Morgan fingerprint density at radius 2 is 1.85 bits per heavy atom. The number of rotatable bonds is 7. The van der Waals surface area contributed by atoms with Crippen LogP contribution in [0.15, 0.2) is 28.7 Å². The SMILES string of the molecule is CCOC(=O)NC(=O)COC(=O)CCc1nnc(-c2ccc(C)cc2)o1. The molecule has 1 N–H and O–H groups in total. The lowest BCUT2D eigenvalue weighted by atomic mass is 10.1. The van der Waals surface area contributed by atoms with Gasteiger partial charge in [0.1, 0.15) is 0 Å². The minimum atomic E-state index is -0.886. The van der Waals surface area contributed by atoms with Crippen molar-refractivity contribution in [3.63, 3.8) is 0 Å². The molecule has 0 saturated heterocycles. The number of alkyl carbamates (subject to hydrolysis) is 1. The Morgan fingerprint density at radius 3 is 2.54 bits per heavy atom. The maximum atomic E-state index is 11.6. The van der Waals surface area contributed by atoms with Crippen LogP contribution < -0.4 is 5.32 Å². The molecule has 0 bridgehead atoms. The molecule has 0 saturated carbocycles. The Morgan fingerprint density at radius 1 is 1.12 bits per heavy atom. The van der Waals surface area contributed by atoms with Gasteiger partial charge in [0.15, 0.2) is 6.61 Å². The number of imide groups is 1. The van der Waals surface area contributed by atoms with Crippen molar-refractivity contribution in [3.05, 3.63) is 35.7 Å². The molecule has 0 unspecified atom stereocenters. The second-order valence-electron chi connectivity index (χ2n) is 5.30. The van der Waals surface area contributed by atoms with Gasteiger partial charge in [-0.15, -0.1) is 10.2 Å². The molecule has 0 fully saturated rings. The van der Waals surface area contributed by atoms with Gasteiger partial charge in [-0.1, -0.05) is 17.7 Å². The summed E-state index contributed by atoms with van der Waals surface area (Å²) in [7, 11) is 0. The standard InChI is InChI=1S/C17H19N3O6/c1-3-24-17(23)18-13(21)10-25-15(22)9-8-14-19-20-16(26-14)12-6-4-11(2)5-7-12/h4-7H,3,8-10H2,1-2H3,(H,18,21,23). The Labute approximate surface area is 149 Å². The van der Waals surface area contributed by atoms with E-state index >= 15 is 0 Å². The normalized spacial score (nSPS) is 10.2. The average molecular weight is 361 g/mol. The maximum absolute atomic E-state index is 11.6. The van der Waals surface area contributed by atoms with Crippen LogP contribution in [0.1, 0.15) is 24.8 Å². The van der Waals surface area contributed by atoms with Gasteiger partial charge < -0.3 is 13.9 Å². The molecule has 1 aromatic carbocycles. The number of aryl methyl sites for hydroxylation is 2. The topological polar surface area (TPSA) is 121 Å². The number of benzene rings is 1. The molecule has 9 heteroatoms. The van der Waals surface area contributed by atoms with Crippen LogP contribution in [-0.4, -0.2) is 41.4 Å². The molecular formula is C17H19N3O6. The van der Waals surface area contributed by atoms with Gasteiger partial charge in [0.25, 0.3) is 5.91 Å². The smallest absolute Gasteiger partial charge is 0.413 e. The first-order valence-electron chi connectivity index (χ1n) is 7.99. The number of esters is 1. The number of carbonyl (C=O) groups is 3. The molecule has 138 valence electrons. The summed E-state index contributed by atoms with van der Waals surface area (Å²) in [5.41, 5.74) is 1.90. The van der Waals surface area contributed by atoms with E-state index in [1.54, 1.807) is 6.92 Å². The predicted molar refractivity (Wildman–Crippen MR) is 88.9 cm³/mol. The third kappa shape index (κ3) is 6.00. The lowest BCUT2D eigenvalue weighted by Crippen LogP contribution is -2.34. The summed E-state index contributed by atoms with van der Waals surface area (Å²) in [6, 6.07) is 7.59. The highest BCUT2D eigenvalue weighted by Gasteiger charge is 2.14. The zero-order valence-corrected chi connectivity index (χ0v) is 14.5. The van der Waals surface area contributed by atoms with Crippen LogP contribution in [-0.2, 0) is 25.5 Å². The average Bonchev–Trinajstić information content (AvgIpc) is 3.08. The fraction of sp³-hybridized carbons (Fsp3) is 0.353. The number of carbonyl (C=O) groups excluding carboxylic acids is 3. The Balaban J connectivity index is 1.75. The van der Waals surface area contributed by atoms with Crippen LogP contribution >= 0.6 is 0 Å². The van der Waals surface area contributed by atoms with Crippen LogP contribution in [0, 0.1) is 6.92 Å². The largest absolute Gasteiger partial charge is 0.456 e. The number of ether oxygens (including phenoxy) is 2. The first-order valence-corrected chi connectivity index (χ1v) is 7.99. The number of nitrogens with one attached hydrogen (secondary N) is 1. The number of hydrogen-bond acceptors (Lipinski definition) is 8. The highest BCUT2D eigenvalue weighted by atomic mass is 16.6. The van der Waals surface area contributed by atoms with Gasteiger partial charge in [0, 0.05) is 12.0 Å². The molecule has 0 spiro atoms. The summed E-state index contributed by atoms with van der Waals surface area (Å²) in [5, 5.41) is 9.73. The van der Waals surface area contributed by atoms with Crippen LogP contribution in [0.25, 0.3) is 11.5 Å². The fourth-order valence-corrected chi connectivity index (χ4v) is 1.91. The third-order valence-electron chi connectivity index (χ3n) is 3.19. The summed E-state index contributed by atoms with van der Waals surface area (Å²) >= 11 is 0. The molecule has 0 radical (unpaired) electrons.